The molecule has 1 aliphatic rings. The van der Waals surface area contributed by atoms with Crippen molar-refractivity contribution in [3.05, 3.63) is 20.8 Å². The van der Waals surface area contributed by atoms with Crippen LogP contribution in [0.2, 0.25) is 0 Å². The fraction of sp³-hybridized carbons (Fsp3) is 0.636. The standard InChI is InChI=1S/C11H16BrNO2S2/c1-13-10(11-9(12)2-4-16-11)6-8-3-5-17(14,15)7-8/h2,4,8,10,13H,3,5-7H2,1H3. The van der Waals surface area contributed by atoms with Crippen LogP contribution in [0.15, 0.2) is 15.9 Å². The van der Waals surface area contributed by atoms with E-state index >= 15 is 0 Å². The van der Waals surface area contributed by atoms with Crippen molar-refractivity contribution in [1.82, 2.24) is 5.32 Å². The molecule has 2 heterocycles. The Labute approximate surface area is 115 Å². The summed E-state index contributed by atoms with van der Waals surface area (Å²) in [6.07, 6.45) is 1.71. The lowest BCUT2D eigenvalue weighted by molar-refractivity contribution is 0.441. The fourth-order valence-electron chi connectivity index (χ4n) is 2.30. The molecule has 0 bridgehead atoms. The number of nitrogens with one attached hydrogen (secondary N) is 1. The van der Waals surface area contributed by atoms with Gasteiger partial charge in [0.05, 0.1) is 11.5 Å². The third-order valence-electron chi connectivity index (χ3n) is 3.21. The molecular weight excluding hydrogens is 322 g/mol. The van der Waals surface area contributed by atoms with E-state index in [4.69, 9.17) is 0 Å². The molecule has 1 fully saturated rings. The van der Waals surface area contributed by atoms with Crippen LogP contribution in [0.25, 0.3) is 0 Å². The lowest BCUT2D eigenvalue weighted by atomic mass is 9.98. The molecule has 2 unspecified atom stereocenters. The summed E-state index contributed by atoms with van der Waals surface area (Å²) in [6, 6.07) is 2.29. The molecule has 1 aliphatic heterocycles. The molecule has 0 aromatic carbocycles. The van der Waals surface area contributed by atoms with Crippen LogP contribution in [0, 0.1) is 5.92 Å². The van der Waals surface area contributed by atoms with Crippen LogP contribution in [0.4, 0.5) is 0 Å². The largest absolute Gasteiger partial charge is 0.312 e. The second-order valence-corrected chi connectivity index (χ2v) is 8.51. The first-order chi connectivity index (χ1) is 8.02. The van der Waals surface area contributed by atoms with Crippen LogP contribution >= 0.6 is 27.3 Å². The summed E-state index contributed by atoms with van der Waals surface area (Å²) in [5.41, 5.74) is 0. The quantitative estimate of drug-likeness (QED) is 0.918. The highest BCUT2D eigenvalue weighted by atomic mass is 79.9. The van der Waals surface area contributed by atoms with Gasteiger partial charge in [-0.15, -0.1) is 11.3 Å². The zero-order valence-electron chi connectivity index (χ0n) is 9.65. The minimum atomic E-state index is -2.76. The summed E-state index contributed by atoms with van der Waals surface area (Å²) in [5.74, 6) is 1.01. The van der Waals surface area contributed by atoms with Crippen molar-refractivity contribution in [2.24, 2.45) is 5.92 Å². The molecule has 1 aromatic heterocycles. The highest BCUT2D eigenvalue weighted by Crippen LogP contribution is 2.35. The minimum Gasteiger partial charge on any atom is -0.312 e. The number of halogens is 1. The van der Waals surface area contributed by atoms with E-state index in [0.29, 0.717) is 17.4 Å². The summed E-state index contributed by atoms with van der Waals surface area (Å²) in [7, 11) is -0.834. The van der Waals surface area contributed by atoms with E-state index in [1.54, 1.807) is 11.3 Å². The van der Waals surface area contributed by atoms with E-state index in [-0.39, 0.29) is 6.04 Å². The minimum absolute atomic E-state index is 0.252. The SMILES string of the molecule is CNC(CC1CCS(=O)(=O)C1)c1sccc1Br. The average molecular weight is 338 g/mol. The van der Waals surface area contributed by atoms with E-state index in [1.807, 2.05) is 13.1 Å². The van der Waals surface area contributed by atoms with E-state index in [2.05, 4.69) is 26.6 Å². The lowest BCUT2D eigenvalue weighted by Crippen LogP contribution is -2.20. The summed E-state index contributed by atoms with van der Waals surface area (Å²) < 4.78 is 24.0. The Balaban J connectivity index is 2.04. The molecule has 2 atom stereocenters. The van der Waals surface area contributed by atoms with Crippen LogP contribution in [0.1, 0.15) is 23.8 Å². The van der Waals surface area contributed by atoms with E-state index in [1.165, 1.54) is 4.88 Å². The topological polar surface area (TPSA) is 46.2 Å². The molecule has 0 spiro atoms. The van der Waals surface area contributed by atoms with Crippen molar-refractivity contribution in [2.45, 2.75) is 18.9 Å². The molecular formula is C11H16BrNO2S2. The van der Waals surface area contributed by atoms with Gasteiger partial charge in [-0.1, -0.05) is 0 Å². The molecule has 17 heavy (non-hydrogen) atoms. The molecule has 0 saturated carbocycles. The van der Waals surface area contributed by atoms with E-state index in [9.17, 15) is 8.42 Å². The van der Waals surface area contributed by atoms with Gasteiger partial charge in [0.25, 0.3) is 0 Å². The third kappa shape index (κ3) is 3.30. The molecule has 0 aliphatic carbocycles. The lowest BCUT2D eigenvalue weighted by Gasteiger charge is -2.18. The Hall–Kier alpha value is 0.0900. The highest BCUT2D eigenvalue weighted by molar-refractivity contribution is 9.10. The van der Waals surface area contributed by atoms with Crippen LogP contribution in [-0.2, 0) is 9.84 Å². The van der Waals surface area contributed by atoms with Gasteiger partial charge in [-0.3, -0.25) is 0 Å². The zero-order chi connectivity index (χ0) is 12.5. The van der Waals surface area contributed by atoms with Gasteiger partial charge in [-0.25, -0.2) is 8.42 Å². The first kappa shape index (κ1) is 13.5. The van der Waals surface area contributed by atoms with Crippen molar-refractivity contribution in [3.63, 3.8) is 0 Å². The maximum absolute atomic E-state index is 11.4. The first-order valence-electron chi connectivity index (χ1n) is 5.62. The fourth-order valence-corrected chi connectivity index (χ4v) is 5.95. The van der Waals surface area contributed by atoms with Gasteiger partial charge in [0, 0.05) is 15.4 Å². The van der Waals surface area contributed by atoms with Gasteiger partial charge >= 0.3 is 0 Å². The van der Waals surface area contributed by atoms with Gasteiger partial charge in [-0.2, -0.15) is 0 Å². The number of hydrogen-bond donors (Lipinski definition) is 1. The number of sulfone groups is 1. The summed E-state index contributed by atoms with van der Waals surface area (Å²) >= 11 is 5.24. The predicted molar refractivity (Wildman–Crippen MR) is 75.2 cm³/mol. The van der Waals surface area contributed by atoms with Gasteiger partial charge in [-0.05, 0) is 53.2 Å². The maximum Gasteiger partial charge on any atom is 0.150 e. The summed E-state index contributed by atoms with van der Waals surface area (Å²) in [6.45, 7) is 0. The van der Waals surface area contributed by atoms with Crippen molar-refractivity contribution in [1.29, 1.82) is 0 Å². The Kier molecular flexibility index (Phi) is 4.28. The summed E-state index contributed by atoms with van der Waals surface area (Å²) in [4.78, 5) is 1.26. The average Bonchev–Trinajstić information content (AvgIpc) is 2.81. The van der Waals surface area contributed by atoms with Crippen LogP contribution in [0.3, 0.4) is 0 Å². The van der Waals surface area contributed by atoms with Gasteiger partial charge < -0.3 is 5.32 Å². The predicted octanol–water partition coefficient (Wildman–Crippen LogP) is 2.60. The second kappa shape index (κ2) is 5.38. The van der Waals surface area contributed by atoms with Crippen LogP contribution in [0.5, 0.6) is 0 Å². The smallest absolute Gasteiger partial charge is 0.150 e. The second-order valence-electron chi connectivity index (χ2n) is 4.48. The van der Waals surface area contributed by atoms with Crippen molar-refractivity contribution in [2.75, 3.05) is 18.6 Å². The Bertz CT molecular complexity index is 483. The van der Waals surface area contributed by atoms with E-state index < -0.39 is 9.84 Å². The van der Waals surface area contributed by atoms with Gasteiger partial charge in [0.15, 0.2) is 9.84 Å². The summed E-state index contributed by atoms with van der Waals surface area (Å²) in [5, 5.41) is 5.34. The Morgan fingerprint density at radius 1 is 1.65 bits per heavy atom. The molecule has 2 rings (SSSR count). The Morgan fingerprint density at radius 2 is 2.41 bits per heavy atom. The highest BCUT2D eigenvalue weighted by Gasteiger charge is 2.30. The number of rotatable bonds is 4. The monoisotopic (exact) mass is 337 g/mol. The first-order valence-corrected chi connectivity index (χ1v) is 9.12. The number of thiophene rings is 1. The molecule has 1 saturated heterocycles. The van der Waals surface area contributed by atoms with Gasteiger partial charge in [0.2, 0.25) is 0 Å². The van der Waals surface area contributed by atoms with Crippen LogP contribution in [-0.4, -0.2) is 27.0 Å². The zero-order valence-corrected chi connectivity index (χ0v) is 12.9. The molecule has 1 N–H and O–H groups in total. The van der Waals surface area contributed by atoms with Crippen molar-refractivity contribution in [3.8, 4) is 0 Å². The molecule has 6 heteroatoms. The normalized spacial score (nSPS) is 24.9. The molecule has 0 radical (unpaired) electrons. The van der Waals surface area contributed by atoms with Gasteiger partial charge in [0.1, 0.15) is 0 Å². The molecule has 96 valence electrons. The number of hydrogen-bond acceptors (Lipinski definition) is 4. The molecule has 3 nitrogen and oxygen atoms in total. The van der Waals surface area contributed by atoms with Crippen molar-refractivity contribution < 1.29 is 8.42 Å². The third-order valence-corrected chi connectivity index (χ3v) is 7.03. The van der Waals surface area contributed by atoms with Crippen molar-refractivity contribution >= 4 is 37.1 Å². The Morgan fingerprint density at radius 3 is 2.88 bits per heavy atom. The molecule has 0 amide bonds. The van der Waals surface area contributed by atoms with Crippen LogP contribution < -0.4 is 5.32 Å². The molecule has 1 aromatic rings. The van der Waals surface area contributed by atoms with E-state index in [0.717, 1.165) is 17.3 Å². The maximum atomic E-state index is 11.4.